The van der Waals surface area contributed by atoms with Gasteiger partial charge in [-0.3, -0.25) is 0 Å². The summed E-state index contributed by atoms with van der Waals surface area (Å²) in [5, 5.41) is 3.58. The van der Waals surface area contributed by atoms with Gasteiger partial charge in [-0.05, 0) is 45.6 Å². The Balaban J connectivity index is 1.56. The fourth-order valence-electron chi connectivity index (χ4n) is 2.80. The summed E-state index contributed by atoms with van der Waals surface area (Å²) < 4.78 is 10.6. The number of hydrogen-bond acceptors (Lipinski definition) is 4. The predicted molar refractivity (Wildman–Crippen MR) is 73.2 cm³/mol. The number of ether oxygens (including phenoxy) is 2. The lowest BCUT2D eigenvalue weighted by Crippen LogP contribution is -2.45. The molecule has 2 saturated heterocycles. The van der Waals surface area contributed by atoms with E-state index < -0.39 is 0 Å². The molecule has 0 aliphatic carbocycles. The maximum Gasteiger partial charge on any atom is 0.409 e. The summed E-state index contributed by atoms with van der Waals surface area (Å²) in [4.78, 5) is 13.4. The monoisotopic (exact) mass is 270 g/mol. The van der Waals surface area contributed by atoms with Crippen molar-refractivity contribution in [2.24, 2.45) is 0 Å². The van der Waals surface area contributed by atoms with Gasteiger partial charge in [0.1, 0.15) is 0 Å². The Hall–Kier alpha value is -0.810. The Morgan fingerprint density at radius 2 is 2.16 bits per heavy atom. The molecule has 5 heteroatoms. The highest BCUT2D eigenvalue weighted by atomic mass is 16.6. The molecule has 1 N–H and O–H groups in total. The number of rotatable bonds is 5. The molecule has 19 heavy (non-hydrogen) atoms. The van der Waals surface area contributed by atoms with Crippen LogP contribution >= 0.6 is 0 Å². The van der Waals surface area contributed by atoms with Crippen molar-refractivity contribution >= 4 is 6.09 Å². The smallest absolute Gasteiger partial charge is 0.409 e. The number of carbonyl (C=O) groups excluding carboxylic acids is 1. The van der Waals surface area contributed by atoms with Gasteiger partial charge in [0, 0.05) is 25.7 Å². The van der Waals surface area contributed by atoms with Crippen molar-refractivity contribution in [3.63, 3.8) is 0 Å². The van der Waals surface area contributed by atoms with Crippen molar-refractivity contribution in [2.45, 2.75) is 51.2 Å². The maximum atomic E-state index is 11.6. The minimum atomic E-state index is -0.166. The van der Waals surface area contributed by atoms with E-state index in [0.717, 1.165) is 45.5 Å². The van der Waals surface area contributed by atoms with Gasteiger partial charge in [-0.2, -0.15) is 0 Å². The summed E-state index contributed by atoms with van der Waals surface area (Å²) in [5.74, 6) is 0. The average molecular weight is 270 g/mol. The molecule has 5 nitrogen and oxygen atoms in total. The number of likely N-dealkylation sites (tertiary alicyclic amines) is 1. The molecule has 0 bridgehead atoms. The molecule has 2 rings (SSSR count). The average Bonchev–Trinajstić information content (AvgIpc) is 2.93. The Labute approximate surface area is 115 Å². The van der Waals surface area contributed by atoms with Crippen LogP contribution < -0.4 is 5.32 Å². The van der Waals surface area contributed by atoms with E-state index in [9.17, 15) is 4.79 Å². The van der Waals surface area contributed by atoms with Gasteiger partial charge >= 0.3 is 6.09 Å². The summed E-state index contributed by atoms with van der Waals surface area (Å²) in [7, 11) is 0. The van der Waals surface area contributed by atoms with Crippen molar-refractivity contribution in [1.29, 1.82) is 0 Å². The van der Waals surface area contributed by atoms with Crippen LogP contribution in [0.1, 0.15) is 39.0 Å². The highest BCUT2D eigenvalue weighted by Crippen LogP contribution is 2.15. The third-order valence-electron chi connectivity index (χ3n) is 3.94. The first-order chi connectivity index (χ1) is 9.29. The van der Waals surface area contributed by atoms with Crippen LogP contribution in [-0.4, -0.2) is 56.0 Å². The molecular weight excluding hydrogens is 244 g/mol. The second kappa shape index (κ2) is 7.70. The molecule has 2 heterocycles. The molecule has 1 amide bonds. The van der Waals surface area contributed by atoms with Crippen LogP contribution in [-0.2, 0) is 9.47 Å². The minimum Gasteiger partial charge on any atom is -0.450 e. The fraction of sp³-hybridized carbons (Fsp3) is 0.929. The van der Waals surface area contributed by atoms with E-state index in [0.29, 0.717) is 18.8 Å². The van der Waals surface area contributed by atoms with Gasteiger partial charge < -0.3 is 19.7 Å². The summed E-state index contributed by atoms with van der Waals surface area (Å²) >= 11 is 0. The standard InChI is InChI=1S/C14H26N2O3/c1-2-18-14(17)16-9-6-12(7-10-16)15-8-5-13-4-3-11-19-13/h12-13,15H,2-11H2,1H3. The number of carbonyl (C=O) groups is 1. The van der Waals surface area contributed by atoms with Gasteiger partial charge in [-0.25, -0.2) is 4.79 Å². The lowest BCUT2D eigenvalue weighted by Gasteiger charge is -2.31. The van der Waals surface area contributed by atoms with Crippen LogP contribution in [0.4, 0.5) is 4.79 Å². The third kappa shape index (κ3) is 4.66. The van der Waals surface area contributed by atoms with Crippen LogP contribution in [0.15, 0.2) is 0 Å². The first-order valence-electron chi connectivity index (χ1n) is 7.56. The zero-order valence-electron chi connectivity index (χ0n) is 11.9. The van der Waals surface area contributed by atoms with Crippen LogP contribution in [0.25, 0.3) is 0 Å². The Kier molecular flexibility index (Phi) is 5.92. The first-order valence-corrected chi connectivity index (χ1v) is 7.56. The van der Waals surface area contributed by atoms with E-state index in [4.69, 9.17) is 9.47 Å². The van der Waals surface area contributed by atoms with E-state index >= 15 is 0 Å². The number of nitrogens with zero attached hydrogens (tertiary/aromatic N) is 1. The van der Waals surface area contributed by atoms with Gasteiger partial charge in [0.05, 0.1) is 12.7 Å². The van der Waals surface area contributed by atoms with Crippen LogP contribution in [0.3, 0.4) is 0 Å². The molecule has 0 aromatic carbocycles. The zero-order chi connectivity index (χ0) is 13.5. The van der Waals surface area contributed by atoms with E-state index in [1.165, 1.54) is 12.8 Å². The van der Waals surface area contributed by atoms with Gasteiger partial charge in [-0.1, -0.05) is 0 Å². The predicted octanol–water partition coefficient (Wildman–Crippen LogP) is 1.77. The summed E-state index contributed by atoms with van der Waals surface area (Å²) in [6.45, 7) is 5.86. The molecule has 0 aromatic rings. The van der Waals surface area contributed by atoms with Gasteiger partial charge in [0.15, 0.2) is 0 Å². The SMILES string of the molecule is CCOC(=O)N1CCC(NCCC2CCCO2)CC1. The van der Waals surface area contributed by atoms with Crippen LogP contribution in [0.2, 0.25) is 0 Å². The minimum absolute atomic E-state index is 0.166. The van der Waals surface area contributed by atoms with Crippen LogP contribution in [0, 0.1) is 0 Å². The van der Waals surface area contributed by atoms with Crippen molar-refractivity contribution in [3.05, 3.63) is 0 Å². The van der Waals surface area contributed by atoms with Crippen LogP contribution in [0.5, 0.6) is 0 Å². The molecule has 1 atom stereocenters. The normalized spacial score (nSPS) is 24.7. The summed E-state index contributed by atoms with van der Waals surface area (Å²) in [6.07, 6.45) is 5.87. The molecule has 0 spiro atoms. The summed E-state index contributed by atoms with van der Waals surface area (Å²) in [6, 6.07) is 0.534. The Morgan fingerprint density at radius 3 is 2.79 bits per heavy atom. The molecule has 0 saturated carbocycles. The van der Waals surface area contributed by atoms with Gasteiger partial charge in [0.25, 0.3) is 0 Å². The zero-order valence-corrected chi connectivity index (χ0v) is 11.9. The van der Waals surface area contributed by atoms with Crippen molar-refractivity contribution in [2.75, 3.05) is 32.8 Å². The molecule has 2 aliphatic heterocycles. The lowest BCUT2D eigenvalue weighted by atomic mass is 10.0. The topological polar surface area (TPSA) is 50.8 Å². The van der Waals surface area contributed by atoms with E-state index in [-0.39, 0.29) is 6.09 Å². The first kappa shape index (κ1) is 14.6. The number of piperidine rings is 1. The van der Waals surface area contributed by atoms with Gasteiger partial charge in [0.2, 0.25) is 0 Å². The second-order valence-electron chi connectivity index (χ2n) is 5.34. The van der Waals surface area contributed by atoms with Crippen molar-refractivity contribution in [1.82, 2.24) is 10.2 Å². The third-order valence-corrected chi connectivity index (χ3v) is 3.94. The quantitative estimate of drug-likeness (QED) is 0.827. The molecule has 110 valence electrons. The fourth-order valence-corrected chi connectivity index (χ4v) is 2.80. The van der Waals surface area contributed by atoms with E-state index in [1.54, 1.807) is 0 Å². The number of amides is 1. The van der Waals surface area contributed by atoms with E-state index in [2.05, 4.69) is 5.32 Å². The largest absolute Gasteiger partial charge is 0.450 e. The Morgan fingerprint density at radius 1 is 1.37 bits per heavy atom. The van der Waals surface area contributed by atoms with Crippen molar-refractivity contribution < 1.29 is 14.3 Å². The molecule has 0 radical (unpaired) electrons. The Bertz CT molecular complexity index is 272. The number of nitrogens with one attached hydrogen (secondary N) is 1. The molecular formula is C14H26N2O3. The summed E-state index contributed by atoms with van der Waals surface area (Å²) in [5.41, 5.74) is 0. The number of hydrogen-bond donors (Lipinski definition) is 1. The second-order valence-corrected chi connectivity index (χ2v) is 5.34. The van der Waals surface area contributed by atoms with E-state index in [1.807, 2.05) is 11.8 Å². The molecule has 2 fully saturated rings. The molecule has 0 aromatic heterocycles. The lowest BCUT2D eigenvalue weighted by molar-refractivity contribution is 0.0920. The highest BCUT2D eigenvalue weighted by molar-refractivity contribution is 5.67. The highest BCUT2D eigenvalue weighted by Gasteiger charge is 2.23. The molecule has 1 unspecified atom stereocenters. The van der Waals surface area contributed by atoms with Gasteiger partial charge in [-0.15, -0.1) is 0 Å². The maximum absolute atomic E-state index is 11.6. The van der Waals surface area contributed by atoms with Crippen molar-refractivity contribution in [3.8, 4) is 0 Å². The molecule has 2 aliphatic rings.